The summed E-state index contributed by atoms with van der Waals surface area (Å²) < 4.78 is 0. The van der Waals surface area contributed by atoms with E-state index in [0.29, 0.717) is 11.5 Å². The fraction of sp³-hybridized carbons (Fsp3) is 0.714. The van der Waals surface area contributed by atoms with E-state index >= 15 is 0 Å². The molecule has 1 aromatic heterocycles. The summed E-state index contributed by atoms with van der Waals surface area (Å²) in [6, 6.07) is 5.11. The lowest BCUT2D eigenvalue weighted by Crippen LogP contribution is -2.34. The van der Waals surface area contributed by atoms with Crippen molar-refractivity contribution in [3.8, 4) is 0 Å². The largest absolute Gasteiger partial charge is 0.313 e. The molecule has 0 amide bonds. The first kappa shape index (κ1) is 12.1. The highest BCUT2D eigenvalue weighted by Gasteiger charge is 2.49. The van der Waals surface area contributed by atoms with Gasteiger partial charge >= 0.3 is 0 Å². The second-order valence-electron chi connectivity index (χ2n) is 5.64. The van der Waals surface area contributed by atoms with E-state index in [-0.39, 0.29) is 0 Å². The Morgan fingerprint density at radius 3 is 2.81 bits per heavy atom. The van der Waals surface area contributed by atoms with Gasteiger partial charge in [0.15, 0.2) is 0 Å². The summed E-state index contributed by atoms with van der Waals surface area (Å²) in [5.74, 6) is 0.876. The molecular weight excluding hydrogens is 214 g/mol. The van der Waals surface area contributed by atoms with Crippen LogP contribution in [-0.2, 0) is 6.42 Å². The minimum Gasteiger partial charge on any atom is -0.313 e. The molecule has 0 spiro atoms. The molecule has 1 N–H and O–H groups in total. The van der Waals surface area contributed by atoms with Crippen LogP contribution in [0.4, 0.5) is 0 Å². The van der Waals surface area contributed by atoms with Crippen molar-refractivity contribution in [2.75, 3.05) is 6.54 Å². The zero-order valence-electron chi connectivity index (χ0n) is 10.6. The second-order valence-corrected chi connectivity index (χ2v) is 6.68. The molecule has 1 fully saturated rings. The third kappa shape index (κ3) is 2.86. The van der Waals surface area contributed by atoms with Crippen LogP contribution in [0.15, 0.2) is 17.5 Å². The SMILES string of the molecule is CCCNC(Cc1cccs1)C1CC1(C)C. The van der Waals surface area contributed by atoms with E-state index in [0.717, 1.165) is 12.5 Å². The first-order valence-corrected chi connectivity index (χ1v) is 7.27. The molecule has 0 bridgehead atoms. The van der Waals surface area contributed by atoms with E-state index in [9.17, 15) is 0 Å². The van der Waals surface area contributed by atoms with Crippen molar-refractivity contribution in [3.05, 3.63) is 22.4 Å². The highest BCUT2D eigenvalue weighted by atomic mass is 32.1. The molecular formula is C14H23NS. The monoisotopic (exact) mass is 237 g/mol. The lowest BCUT2D eigenvalue weighted by atomic mass is 10.0. The van der Waals surface area contributed by atoms with Gasteiger partial charge in [0.25, 0.3) is 0 Å². The first-order valence-electron chi connectivity index (χ1n) is 6.39. The Morgan fingerprint density at radius 1 is 1.56 bits per heavy atom. The number of nitrogens with one attached hydrogen (secondary N) is 1. The van der Waals surface area contributed by atoms with Crippen molar-refractivity contribution in [1.29, 1.82) is 0 Å². The van der Waals surface area contributed by atoms with Crippen molar-refractivity contribution in [1.82, 2.24) is 5.32 Å². The molecule has 1 aliphatic rings. The van der Waals surface area contributed by atoms with Crippen LogP contribution in [0, 0.1) is 11.3 Å². The lowest BCUT2D eigenvalue weighted by molar-refractivity contribution is 0.404. The maximum Gasteiger partial charge on any atom is 0.0149 e. The van der Waals surface area contributed by atoms with Crippen LogP contribution in [-0.4, -0.2) is 12.6 Å². The molecule has 2 heteroatoms. The van der Waals surface area contributed by atoms with Crippen LogP contribution in [0.1, 0.15) is 38.5 Å². The number of thiophene rings is 1. The van der Waals surface area contributed by atoms with Crippen molar-refractivity contribution in [2.45, 2.75) is 46.1 Å². The molecule has 0 radical (unpaired) electrons. The molecule has 1 saturated carbocycles. The quantitative estimate of drug-likeness (QED) is 0.795. The van der Waals surface area contributed by atoms with E-state index in [4.69, 9.17) is 0 Å². The predicted octanol–water partition coefficient (Wildman–Crippen LogP) is 3.70. The Kier molecular flexibility index (Phi) is 3.70. The Hall–Kier alpha value is -0.340. The number of hydrogen-bond acceptors (Lipinski definition) is 2. The molecule has 1 heterocycles. The lowest BCUT2D eigenvalue weighted by Gasteiger charge is -2.19. The highest BCUT2D eigenvalue weighted by Crippen LogP contribution is 2.54. The molecule has 90 valence electrons. The highest BCUT2D eigenvalue weighted by molar-refractivity contribution is 7.09. The zero-order chi connectivity index (χ0) is 11.6. The molecule has 0 aromatic carbocycles. The summed E-state index contributed by atoms with van der Waals surface area (Å²) in [5.41, 5.74) is 0.572. The van der Waals surface area contributed by atoms with Gasteiger partial charge in [-0.3, -0.25) is 0 Å². The summed E-state index contributed by atoms with van der Waals surface area (Å²) in [6.45, 7) is 8.19. The van der Waals surface area contributed by atoms with Crippen molar-refractivity contribution < 1.29 is 0 Å². The summed E-state index contributed by atoms with van der Waals surface area (Å²) in [7, 11) is 0. The molecule has 2 atom stereocenters. The van der Waals surface area contributed by atoms with Gasteiger partial charge in [-0.15, -0.1) is 11.3 Å². The van der Waals surface area contributed by atoms with Crippen LogP contribution in [0.2, 0.25) is 0 Å². The maximum atomic E-state index is 3.73. The van der Waals surface area contributed by atoms with Gasteiger partial charge in [-0.2, -0.15) is 0 Å². The average molecular weight is 237 g/mol. The third-order valence-electron chi connectivity index (χ3n) is 3.73. The number of rotatable bonds is 6. The van der Waals surface area contributed by atoms with Crippen LogP contribution in [0.5, 0.6) is 0 Å². The molecule has 0 aliphatic heterocycles. The summed E-state index contributed by atoms with van der Waals surface area (Å²) in [4.78, 5) is 1.52. The predicted molar refractivity (Wildman–Crippen MR) is 72.0 cm³/mol. The van der Waals surface area contributed by atoms with Gasteiger partial charge in [0.05, 0.1) is 0 Å². The summed E-state index contributed by atoms with van der Waals surface area (Å²) in [5, 5.41) is 5.92. The summed E-state index contributed by atoms with van der Waals surface area (Å²) >= 11 is 1.89. The van der Waals surface area contributed by atoms with Gasteiger partial charge in [-0.25, -0.2) is 0 Å². The fourth-order valence-corrected chi connectivity index (χ4v) is 3.29. The molecule has 1 aromatic rings. The Balaban J connectivity index is 1.93. The summed E-state index contributed by atoms with van der Waals surface area (Å²) in [6.07, 6.45) is 3.83. The zero-order valence-corrected chi connectivity index (χ0v) is 11.4. The van der Waals surface area contributed by atoms with E-state index in [1.54, 1.807) is 0 Å². The standard InChI is InChI=1S/C14H23NS/c1-4-7-15-13(12-10-14(12,2)3)9-11-6-5-8-16-11/h5-6,8,12-13,15H,4,7,9-10H2,1-3H3. The van der Waals surface area contributed by atoms with Gasteiger partial charge < -0.3 is 5.32 Å². The van der Waals surface area contributed by atoms with Gasteiger partial charge in [0, 0.05) is 10.9 Å². The molecule has 1 nitrogen and oxygen atoms in total. The Morgan fingerprint density at radius 2 is 2.31 bits per heavy atom. The van der Waals surface area contributed by atoms with Crippen LogP contribution in [0.25, 0.3) is 0 Å². The maximum absolute atomic E-state index is 3.73. The second kappa shape index (κ2) is 4.89. The third-order valence-corrected chi connectivity index (χ3v) is 4.63. The van der Waals surface area contributed by atoms with Gasteiger partial charge in [-0.1, -0.05) is 26.8 Å². The minimum absolute atomic E-state index is 0.572. The fourth-order valence-electron chi connectivity index (χ4n) is 2.53. The molecule has 2 rings (SSSR count). The van der Waals surface area contributed by atoms with E-state index in [1.165, 1.54) is 24.1 Å². The van der Waals surface area contributed by atoms with Gasteiger partial charge in [-0.05, 0) is 48.6 Å². The van der Waals surface area contributed by atoms with Crippen LogP contribution >= 0.6 is 11.3 Å². The molecule has 0 saturated heterocycles. The van der Waals surface area contributed by atoms with Crippen LogP contribution in [0.3, 0.4) is 0 Å². The average Bonchev–Trinajstić information content (AvgIpc) is 2.67. The topological polar surface area (TPSA) is 12.0 Å². The minimum atomic E-state index is 0.572. The van der Waals surface area contributed by atoms with Crippen molar-refractivity contribution in [2.24, 2.45) is 11.3 Å². The molecule has 1 aliphatic carbocycles. The van der Waals surface area contributed by atoms with Gasteiger partial charge in [0.2, 0.25) is 0 Å². The van der Waals surface area contributed by atoms with Crippen molar-refractivity contribution >= 4 is 11.3 Å². The Bertz CT molecular complexity index is 315. The van der Waals surface area contributed by atoms with Gasteiger partial charge in [0.1, 0.15) is 0 Å². The first-order chi connectivity index (χ1) is 7.63. The Labute approximate surface area is 103 Å². The molecule has 2 unspecified atom stereocenters. The van der Waals surface area contributed by atoms with E-state index in [2.05, 4.69) is 43.6 Å². The number of hydrogen-bond donors (Lipinski definition) is 1. The van der Waals surface area contributed by atoms with E-state index in [1.807, 2.05) is 11.3 Å². The smallest absolute Gasteiger partial charge is 0.0149 e. The normalized spacial score (nSPS) is 24.3. The molecule has 16 heavy (non-hydrogen) atoms. The van der Waals surface area contributed by atoms with Crippen LogP contribution < -0.4 is 5.32 Å². The van der Waals surface area contributed by atoms with E-state index < -0.39 is 0 Å². The van der Waals surface area contributed by atoms with Crippen molar-refractivity contribution in [3.63, 3.8) is 0 Å².